The molecule has 1 aliphatic rings. The van der Waals surface area contributed by atoms with Crippen LogP contribution in [0.5, 0.6) is 5.75 Å². The predicted octanol–water partition coefficient (Wildman–Crippen LogP) is 4.72. The minimum Gasteiger partial charge on any atom is -0.464 e. The number of ether oxygens (including phenoxy) is 2. The van der Waals surface area contributed by atoms with Crippen molar-refractivity contribution in [1.82, 2.24) is 0 Å². The maximum Gasteiger partial charge on any atom is 0.417 e. The SMILES string of the molecule is CC(C)Sc1c(OC2CCCO2)cccc1C(F)(F)F. The van der Waals surface area contributed by atoms with Gasteiger partial charge in [0.05, 0.1) is 17.1 Å². The van der Waals surface area contributed by atoms with Crippen molar-refractivity contribution >= 4 is 11.8 Å². The van der Waals surface area contributed by atoms with Gasteiger partial charge in [0.25, 0.3) is 0 Å². The van der Waals surface area contributed by atoms with E-state index >= 15 is 0 Å². The molecular weight excluding hydrogens is 289 g/mol. The van der Waals surface area contributed by atoms with Crippen LogP contribution in [0.1, 0.15) is 32.3 Å². The second-order valence-electron chi connectivity index (χ2n) is 4.86. The fourth-order valence-corrected chi connectivity index (χ4v) is 2.99. The molecule has 112 valence electrons. The highest BCUT2D eigenvalue weighted by Crippen LogP contribution is 2.43. The van der Waals surface area contributed by atoms with Crippen LogP contribution >= 0.6 is 11.8 Å². The fourth-order valence-electron chi connectivity index (χ4n) is 1.97. The maximum atomic E-state index is 13.1. The van der Waals surface area contributed by atoms with Crippen LogP contribution in [0.4, 0.5) is 13.2 Å². The summed E-state index contributed by atoms with van der Waals surface area (Å²) in [5, 5.41) is 0.0327. The normalized spacial score (nSPS) is 19.6. The third-order valence-corrected chi connectivity index (χ3v) is 3.91. The van der Waals surface area contributed by atoms with E-state index in [0.29, 0.717) is 13.0 Å². The Morgan fingerprint density at radius 1 is 1.35 bits per heavy atom. The molecule has 1 aromatic rings. The average molecular weight is 306 g/mol. The predicted molar refractivity (Wildman–Crippen MR) is 72.0 cm³/mol. The van der Waals surface area contributed by atoms with Crippen LogP contribution in [-0.2, 0) is 10.9 Å². The molecule has 0 amide bonds. The van der Waals surface area contributed by atoms with Crippen molar-refractivity contribution in [3.63, 3.8) is 0 Å². The summed E-state index contributed by atoms with van der Waals surface area (Å²) >= 11 is 1.16. The molecule has 0 saturated carbocycles. The van der Waals surface area contributed by atoms with Crippen LogP contribution < -0.4 is 4.74 Å². The van der Waals surface area contributed by atoms with E-state index in [1.54, 1.807) is 6.07 Å². The first-order valence-corrected chi connectivity index (χ1v) is 7.41. The Labute approximate surface area is 120 Å². The zero-order chi connectivity index (χ0) is 14.8. The number of rotatable bonds is 4. The zero-order valence-electron chi connectivity index (χ0n) is 11.4. The first kappa shape index (κ1) is 15.5. The molecule has 6 heteroatoms. The Morgan fingerprint density at radius 2 is 2.10 bits per heavy atom. The summed E-state index contributed by atoms with van der Waals surface area (Å²) in [4.78, 5) is 0.144. The van der Waals surface area contributed by atoms with Gasteiger partial charge in [-0.15, -0.1) is 11.8 Å². The molecule has 1 aliphatic heterocycles. The molecule has 1 atom stereocenters. The first-order chi connectivity index (χ1) is 9.38. The van der Waals surface area contributed by atoms with E-state index in [-0.39, 0.29) is 15.9 Å². The summed E-state index contributed by atoms with van der Waals surface area (Å²) in [7, 11) is 0. The van der Waals surface area contributed by atoms with Gasteiger partial charge in [-0.3, -0.25) is 0 Å². The van der Waals surface area contributed by atoms with E-state index in [1.165, 1.54) is 6.07 Å². The minimum atomic E-state index is -4.38. The molecular formula is C14H17F3O2S. The summed E-state index contributed by atoms with van der Waals surface area (Å²) in [5.74, 6) is 0.255. The molecule has 0 N–H and O–H groups in total. The van der Waals surface area contributed by atoms with Gasteiger partial charge in [-0.05, 0) is 18.6 Å². The third-order valence-electron chi connectivity index (χ3n) is 2.78. The second-order valence-corrected chi connectivity index (χ2v) is 6.44. The van der Waals surface area contributed by atoms with Crippen LogP contribution in [-0.4, -0.2) is 18.1 Å². The minimum absolute atomic E-state index is 0.0327. The van der Waals surface area contributed by atoms with Gasteiger partial charge in [-0.1, -0.05) is 19.9 Å². The molecule has 20 heavy (non-hydrogen) atoms. The fraction of sp³-hybridized carbons (Fsp3) is 0.571. The van der Waals surface area contributed by atoms with E-state index in [4.69, 9.17) is 9.47 Å². The highest BCUT2D eigenvalue weighted by Gasteiger charge is 2.35. The molecule has 1 aromatic carbocycles. The number of thioether (sulfide) groups is 1. The van der Waals surface area contributed by atoms with Gasteiger partial charge in [-0.2, -0.15) is 13.2 Å². The smallest absolute Gasteiger partial charge is 0.417 e. The molecule has 2 rings (SSSR count). The summed E-state index contributed by atoms with van der Waals surface area (Å²) in [6, 6.07) is 4.03. The van der Waals surface area contributed by atoms with Crippen LogP contribution in [0.2, 0.25) is 0 Å². The third kappa shape index (κ3) is 3.82. The van der Waals surface area contributed by atoms with Crippen molar-refractivity contribution in [2.24, 2.45) is 0 Å². The molecule has 0 aliphatic carbocycles. The van der Waals surface area contributed by atoms with Crippen LogP contribution in [0, 0.1) is 0 Å². The molecule has 2 nitrogen and oxygen atoms in total. The zero-order valence-corrected chi connectivity index (χ0v) is 12.2. The van der Waals surface area contributed by atoms with Crippen LogP contribution in [0.25, 0.3) is 0 Å². The quantitative estimate of drug-likeness (QED) is 0.750. The average Bonchev–Trinajstić information content (AvgIpc) is 2.82. The summed E-state index contributed by atoms with van der Waals surface area (Å²) in [6.07, 6.45) is -3.24. The van der Waals surface area contributed by atoms with Gasteiger partial charge in [0.15, 0.2) is 6.29 Å². The molecule has 1 heterocycles. The lowest BCUT2D eigenvalue weighted by molar-refractivity contribution is -0.140. The molecule has 0 spiro atoms. The molecule has 1 saturated heterocycles. The van der Waals surface area contributed by atoms with Gasteiger partial charge in [0.2, 0.25) is 0 Å². The molecule has 0 bridgehead atoms. The molecule has 1 unspecified atom stereocenters. The van der Waals surface area contributed by atoms with Crippen molar-refractivity contribution in [3.8, 4) is 5.75 Å². The topological polar surface area (TPSA) is 18.5 Å². The van der Waals surface area contributed by atoms with Gasteiger partial charge in [0.1, 0.15) is 5.75 Å². The van der Waals surface area contributed by atoms with E-state index in [9.17, 15) is 13.2 Å². The number of halogens is 3. The highest BCUT2D eigenvalue weighted by atomic mass is 32.2. The Balaban J connectivity index is 2.33. The lowest BCUT2D eigenvalue weighted by Crippen LogP contribution is -2.16. The van der Waals surface area contributed by atoms with Gasteiger partial charge in [-0.25, -0.2) is 0 Å². The molecule has 1 fully saturated rings. The van der Waals surface area contributed by atoms with Crippen LogP contribution in [0.3, 0.4) is 0 Å². The van der Waals surface area contributed by atoms with E-state index in [0.717, 1.165) is 24.2 Å². The maximum absolute atomic E-state index is 13.1. The van der Waals surface area contributed by atoms with E-state index in [1.807, 2.05) is 13.8 Å². The summed E-state index contributed by atoms with van der Waals surface area (Å²) < 4.78 is 50.2. The Kier molecular flexibility index (Phi) is 4.86. The summed E-state index contributed by atoms with van der Waals surface area (Å²) in [5.41, 5.74) is -0.647. The van der Waals surface area contributed by atoms with Crippen molar-refractivity contribution in [1.29, 1.82) is 0 Å². The van der Waals surface area contributed by atoms with Crippen molar-refractivity contribution in [2.45, 2.75) is 49.3 Å². The summed E-state index contributed by atoms with van der Waals surface area (Å²) in [6.45, 7) is 4.30. The number of hydrogen-bond donors (Lipinski definition) is 0. The number of alkyl halides is 3. The highest BCUT2D eigenvalue weighted by molar-refractivity contribution is 8.00. The number of hydrogen-bond acceptors (Lipinski definition) is 3. The van der Waals surface area contributed by atoms with Crippen LogP contribution in [0.15, 0.2) is 23.1 Å². The monoisotopic (exact) mass is 306 g/mol. The van der Waals surface area contributed by atoms with Crippen molar-refractivity contribution in [2.75, 3.05) is 6.61 Å². The van der Waals surface area contributed by atoms with Crippen molar-refractivity contribution < 1.29 is 22.6 Å². The second kappa shape index (κ2) is 6.26. The van der Waals surface area contributed by atoms with Gasteiger partial charge in [0, 0.05) is 11.7 Å². The van der Waals surface area contributed by atoms with Crippen molar-refractivity contribution in [3.05, 3.63) is 23.8 Å². The van der Waals surface area contributed by atoms with Gasteiger partial charge < -0.3 is 9.47 Å². The molecule has 0 aromatic heterocycles. The van der Waals surface area contributed by atoms with E-state index in [2.05, 4.69) is 0 Å². The standard InChI is InChI=1S/C14H17F3O2S/c1-9(2)20-13-10(14(15,16)17)5-3-6-11(13)19-12-7-4-8-18-12/h3,5-6,9,12H,4,7-8H2,1-2H3. The lowest BCUT2D eigenvalue weighted by atomic mass is 10.2. The van der Waals surface area contributed by atoms with Gasteiger partial charge >= 0.3 is 6.18 Å². The number of benzene rings is 1. The first-order valence-electron chi connectivity index (χ1n) is 6.53. The van der Waals surface area contributed by atoms with E-state index < -0.39 is 18.0 Å². The lowest BCUT2D eigenvalue weighted by Gasteiger charge is -2.20. The Morgan fingerprint density at radius 3 is 2.65 bits per heavy atom. The largest absolute Gasteiger partial charge is 0.464 e. The Bertz CT molecular complexity index is 454. The Hall–Kier alpha value is -0.880. The molecule has 0 radical (unpaired) electrons.